The van der Waals surface area contributed by atoms with Crippen LogP contribution in [0, 0.1) is 56.0 Å². The van der Waals surface area contributed by atoms with Gasteiger partial charge in [0.1, 0.15) is 12.4 Å². The summed E-state index contributed by atoms with van der Waals surface area (Å²) in [6.07, 6.45) is 7.46. The van der Waals surface area contributed by atoms with Crippen molar-refractivity contribution in [1.82, 2.24) is 14.7 Å². The molecule has 0 N–H and O–H groups in total. The molecule has 6 heteroatoms. The molecule has 2 heterocycles. The van der Waals surface area contributed by atoms with Gasteiger partial charge in [-0.25, -0.2) is 4.39 Å². The summed E-state index contributed by atoms with van der Waals surface area (Å²) in [4.78, 5) is 14.9. The van der Waals surface area contributed by atoms with E-state index in [-0.39, 0.29) is 49.4 Å². The van der Waals surface area contributed by atoms with Gasteiger partial charge in [-0.2, -0.15) is 18.4 Å². The average Bonchev–Trinajstić information content (AvgIpc) is 3.09. The molecule has 1 amide bonds. The molecular formula is C28H30FN3OU. The second kappa shape index (κ2) is 13.5. The molecule has 0 spiro atoms. The van der Waals surface area contributed by atoms with Gasteiger partial charge in [-0.3, -0.25) is 21.6 Å². The van der Waals surface area contributed by atoms with Crippen molar-refractivity contribution >= 4 is 5.91 Å². The van der Waals surface area contributed by atoms with Gasteiger partial charge >= 0.3 is 31.1 Å². The van der Waals surface area contributed by atoms with Crippen LogP contribution in [0.15, 0.2) is 66.7 Å². The van der Waals surface area contributed by atoms with E-state index in [0.717, 1.165) is 35.4 Å². The van der Waals surface area contributed by atoms with E-state index < -0.39 is 0 Å². The molecule has 174 valence electrons. The number of halogens is 1. The molecule has 0 aliphatic carbocycles. The number of nitrogens with zero attached hydrogens (tertiary/aromatic N) is 3. The number of aryl methyl sites for hydroxylation is 1. The average molecular weight is 682 g/mol. The van der Waals surface area contributed by atoms with Gasteiger partial charge in [0, 0.05) is 12.1 Å². The molecule has 0 unspecified atom stereocenters. The third-order valence-electron chi connectivity index (χ3n) is 5.51. The number of carbonyl (C=O) groups is 1. The van der Waals surface area contributed by atoms with Crippen LogP contribution in [0.2, 0.25) is 0 Å². The van der Waals surface area contributed by atoms with E-state index >= 15 is 0 Å². The minimum absolute atomic E-state index is 0. The van der Waals surface area contributed by atoms with E-state index in [1.165, 1.54) is 11.6 Å². The second-order valence-electron chi connectivity index (χ2n) is 8.09. The van der Waals surface area contributed by atoms with Gasteiger partial charge in [-0.15, -0.1) is 0 Å². The fourth-order valence-corrected chi connectivity index (χ4v) is 3.71. The van der Waals surface area contributed by atoms with Crippen LogP contribution in [0.25, 0.3) is 22.5 Å². The Morgan fingerprint density at radius 3 is 2.50 bits per heavy atom. The maximum absolute atomic E-state index is 13.7. The summed E-state index contributed by atoms with van der Waals surface area (Å²) in [6, 6.07) is 16.9. The van der Waals surface area contributed by atoms with Crippen LogP contribution >= 0.6 is 0 Å². The summed E-state index contributed by atoms with van der Waals surface area (Å²) in [5.41, 5.74) is 5.21. The van der Waals surface area contributed by atoms with Crippen molar-refractivity contribution in [3.8, 4) is 22.5 Å². The number of hydrogen-bond donors (Lipinski definition) is 0. The first-order chi connectivity index (χ1) is 15.9. The monoisotopic (exact) mass is 681 g/mol. The molecule has 3 aromatic rings. The Bertz CT molecular complexity index is 1140. The third kappa shape index (κ3) is 7.29. The molecule has 4 rings (SSSR count). The quantitative estimate of drug-likeness (QED) is 0.316. The van der Waals surface area contributed by atoms with Crippen molar-refractivity contribution < 1.29 is 40.3 Å². The van der Waals surface area contributed by atoms with Crippen LogP contribution in [0.4, 0.5) is 4.39 Å². The van der Waals surface area contributed by atoms with Gasteiger partial charge in [0.25, 0.3) is 0 Å². The summed E-state index contributed by atoms with van der Waals surface area (Å²) < 4.78 is 15.5. The predicted octanol–water partition coefficient (Wildman–Crippen LogP) is 6.03. The van der Waals surface area contributed by atoms with Gasteiger partial charge in [0.2, 0.25) is 5.91 Å². The zero-order valence-corrected chi connectivity index (χ0v) is 24.2. The number of benzene rings is 2. The first kappa shape index (κ1) is 27.8. The molecule has 1 aliphatic rings. The molecule has 0 fully saturated rings. The maximum atomic E-state index is 13.7. The van der Waals surface area contributed by atoms with Crippen molar-refractivity contribution in [2.24, 2.45) is 0 Å². The molecule has 1 aliphatic heterocycles. The van der Waals surface area contributed by atoms with Crippen LogP contribution in [-0.4, -0.2) is 33.7 Å². The molecule has 0 radical (unpaired) electrons. The molecule has 34 heavy (non-hydrogen) atoms. The number of carbonyl (C=O) groups excluding carboxylic acids is 1. The number of hydrogen-bond acceptors (Lipinski definition) is 2. The van der Waals surface area contributed by atoms with E-state index in [0.29, 0.717) is 18.7 Å². The van der Waals surface area contributed by atoms with Gasteiger partial charge in [-0.05, 0) is 55.3 Å². The number of rotatable bonds is 4. The van der Waals surface area contributed by atoms with Crippen molar-refractivity contribution in [3.05, 3.63) is 90.3 Å². The van der Waals surface area contributed by atoms with Gasteiger partial charge in [0.15, 0.2) is 0 Å². The minimum Gasteiger partial charge on any atom is -0.507 e. The summed E-state index contributed by atoms with van der Waals surface area (Å²) in [7, 11) is 0. The molecule has 2 aromatic carbocycles. The summed E-state index contributed by atoms with van der Waals surface area (Å²) in [5.74, 6) is -0.188. The number of allylic oxidation sites excluding steroid dienone is 1. The fourth-order valence-electron chi connectivity index (χ4n) is 3.71. The normalized spacial score (nSPS) is 13.1. The van der Waals surface area contributed by atoms with Crippen LogP contribution in [-0.2, 0) is 11.3 Å². The Balaban J connectivity index is 0.000000970. The van der Waals surface area contributed by atoms with Gasteiger partial charge in [-0.1, -0.05) is 37.3 Å². The zero-order valence-electron chi connectivity index (χ0n) is 20.1. The third-order valence-corrected chi connectivity index (χ3v) is 5.51. The summed E-state index contributed by atoms with van der Waals surface area (Å²) >= 11 is 0. The topological polar surface area (TPSA) is 38.1 Å². The molecule has 4 nitrogen and oxygen atoms in total. The Kier molecular flexibility index (Phi) is 11.0. The Morgan fingerprint density at radius 1 is 1.12 bits per heavy atom. The minimum atomic E-state index is -0.237. The maximum Gasteiger partial charge on any atom is 2.00 e. The SMILES string of the molecule is C=[C-]C.CC1=[C-]CCN(C(=O)Cn2nc(-c3ccc(F)c(C)c3)cc2-c2ccccc2)CC1.[U+2]. The van der Waals surface area contributed by atoms with Crippen LogP contribution < -0.4 is 0 Å². The first-order valence-electron chi connectivity index (χ1n) is 11.1. The largest absolute Gasteiger partial charge is 2.00 e. The second-order valence-corrected chi connectivity index (χ2v) is 8.09. The molecule has 0 saturated heterocycles. The zero-order chi connectivity index (χ0) is 23.8. The van der Waals surface area contributed by atoms with Crippen molar-refractivity contribution in [2.75, 3.05) is 13.1 Å². The van der Waals surface area contributed by atoms with E-state index in [4.69, 9.17) is 5.10 Å². The molecule has 0 saturated carbocycles. The van der Waals surface area contributed by atoms with Crippen LogP contribution in [0.1, 0.15) is 32.3 Å². The van der Waals surface area contributed by atoms with Crippen molar-refractivity contribution in [1.29, 1.82) is 0 Å². The predicted molar refractivity (Wildman–Crippen MR) is 131 cm³/mol. The van der Waals surface area contributed by atoms with Crippen molar-refractivity contribution in [2.45, 2.75) is 40.2 Å². The van der Waals surface area contributed by atoms with E-state index in [1.807, 2.05) is 41.3 Å². The molecule has 1 aromatic heterocycles. The Labute approximate surface area is 225 Å². The molecule has 0 atom stereocenters. The first-order valence-corrected chi connectivity index (χ1v) is 11.1. The van der Waals surface area contributed by atoms with E-state index in [1.54, 1.807) is 30.7 Å². The Morgan fingerprint density at radius 2 is 1.82 bits per heavy atom. The standard InChI is InChI=1S/C25H25FN3O.C3H5.U/c1-18-7-6-13-28(14-12-18)25(30)17-29-24(20-8-4-3-5-9-20)16-23(27-29)21-10-11-22(26)19(2)15-21;1-3-2;/h3-5,8-11,15-16H,6,12-14,17H2,1-2H3;1H2,2H3;/q2*-1;+2. The summed E-state index contributed by atoms with van der Waals surface area (Å²) in [6.45, 7) is 10.4. The van der Waals surface area contributed by atoms with Crippen LogP contribution in [0.3, 0.4) is 0 Å². The van der Waals surface area contributed by atoms with Crippen molar-refractivity contribution in [3.63, 3.8) is 0 Å². The number of aromatic nitrogens is 2. The van der Waals surface area contributed by atoms with E-state index in [2.05, 4.69) is 25.7 Å². The molecular weight excluding hydrogens is 651 g/mol. The van der Waals surface area contributed by atoms with Gasteiger partial charge in [0.05, 0.1) is 11.4 Å². The smallest absolute Gasteiger partial charge is 0.507 e. The summed E-state index contributed by atoms with van der Waals surface area (Å²) in [5, 5.41) is 4.73. The Hall–Kier alpha value is -2.42. The fraction of sp³-hybridized carbons (Fsp3) is 0.286. The molecule has 0 bridgehead atoms. The van der Waals surface area contributed by atoms with Gasteiger partial charge < -0.3 is 17.1 Å². The van der Waals surface area contributed by atoms with E-state index in [9.17, 15) is 9.18 Å². The number of amides is 1. The van der Waals surface area contributed by atoms with Crippen LogP contribution in [0.5, 0.6) is 0 Å².